The van der Waals surface area contributed by atoms with E-state index in [1.54, 1.807) is 6.07 Å². The molecular formula is C14H11BrO2. The van der Waals surface area contributed by atoms with Gasteiger partial charge in [0.05, 0.1) is 5.56 Å². The van der Waals surface area contributed by atoms with E-state index in [4.69, 9.17) is 5.11 Å². The second-order valence-electron chi connectivity index (χ2n) is 3.85. The maximum Gasteiger partial charge on any atom is 0.336 e. The molecule has 0 aliphatic carbocycles. The Hall–Kier alpha value is -1.61. The molecule has 0 unspecified atom stereocenters. The molecule has 0 fully saturated rings. The van der Waals surface area contributed by atoms with Gasteiger partial charge in [0.15, 0.2) is 0 Å². The third kappa shape index (κ3) is 2.39. The van der Waals surface area contributed by atoms with Crippen molar-refractivity contribution < 1.29 is 9.90 Å². The summed E-state index contributed by atoms with van der Waals surface area (Å²) in [5.74, 6) is -0.919. The average Bonchev–Trinajstić information content (AvgIpc) is 2.32. The molecule has 86 valence electrons. The van der Waals surface area contributed by atoms with Crippen molar-refractivity contribution >= 4 is 21.9 Å². The molecule has 2 rings (SSSR count). The summed E-state index contributed by atoms with van der Waals surface area (Å²) in [6.07, 6.45) is 0. The molecule has 0 aromatic heterocycles. The predicted octanol–water partition coefficient (Wildman–Crippen LogP) is 4.12. The highest BCUT2D eigenvalue weighted by atomic mass is 79.9. The Morgan fingerprint density at radius 3 is 2.41 bits per heavy atom. The van der Waals surface area contributed by atoms with Gasteiger partial charge < -0.3 is 5.11 Å². The molecule has 2 aromatic carbocycles. The maximum absolute atomic E-state index is 11.1. The largest absolute Gasteiger partial charge is 0.478 e. The molecule has 2 aromatic rings. The Morgan fingerprint density at radius 2 is 1.82 bits per heavy atom. The highest BCUT2D eigenvalue weighted by Gasteiger charge is 2.13. The molecule has 1 N–H and O–H groups in total. The van der Waals surface area contributed by atoms with E-state index in [1.807, 2.05) is 43.3 Å². The molecule has 0 spiro atoms. The number of hydrogen-bond acceptors (Lipinski definition) is 1. The number of hydrogen-bond donors (Lipinski definition) is 1. The average molecular weight is 291 g/mol. The maximum atomic E-state index is 11.1. The Labute approximate surface area is 108 Å². The van der Waals surface area contributed by atoms with Gasteiger partial charge in [-0.1, -0.05) is 36.4 Å². The number of carboxylic acid groups (broad SMARTS) is 1. The number of carboxylic acids is 1. The number of halogens is 1. The molecule has 0 radical (unpaired) electrons. The number of aromatic carboxylic acids is 1. The standard InChI is InChI=1S/C14H11BrO2/c1-9-7-11(10-5-3-2-4-6-10)13(15)12(8-9)14(16)17/h2-8H,1H3,(H,16,17). The lowest BCUT2D eigenvalue weighted by molar-refractivity contribution is 0.0696. The summed E-state index contributed by atoms with van der Waals surface area (Å²) in [6.45, 7) is 1.89. The van der Waals surface area contributed by atoms with Crippen LogP contribution in [0.2, 0.25) is 0 Å². The minimum absolute atomic E-state index is 0.295. The molecule has 0 heterocycles. The van der Waals surface area contributed by atoms with Crippen LogP contribution in [-0.2, 0) is 0 Å². The molecule has 0 saturated heterocycles. The van der Waals surface area contributed by atoms with Crippen molar-refractivity contribution in [2.75, 3.05) is 0 Å². The molecule has 0 amide bonds. The van der Waals surface area contributed by atoms with E-state index in [-0.39, 0.29) is 0 Å². The molecule has 0 atom stereocenters. The van der Waals surface area contributed by atoms with Gasteiger partial charge in [0, 0.05) is 4.47 Å². The second kappa shape index (κ2) is 4.72. The van der Waals surface area contributed by atoms with Crippen LogP contribution in [-0.4, -0.2) is 11.1 Å². The van der Waals surface area contributed by atoms with Crippen LogP contribution < -0.4 is 0 Å². The summed E-state index contributed by atoms with van der Waals surface area (Å²) < 4.78 is 0.627. The van der Waals surface area contributed by atoms with Crippen molar-refractivity contribution in [1.29, 1.82) is 0 Å². The lowest BCUT2D eigenvalue weighted by Crippen LogP contribution is -1.99. The van der Waals surface area contributed by atoms with Gasteiger partial charge in [-0.2, -0.15) is 0 Å². The van der Waals surface area contributed by atoms with Crippen LogP contribution in [0, 0.1) is 6.92 Å². The Bertz CT molecular complexity index is 562. The summed E-state index contributed by atoms with van der Waals surface area (Å²) in [4.78, 5) is 11.1. The van der Waals surface area contributed by atoms with E-state index < -0.39 is 5.97 Å². The first kappa shape index (κ1) is 11.9. The van der Waals surface area contributed by atoms with Crippen molar-refractivity contribution in [2.45, 2.75) is 6.92 Å². The monoisotopic (exact) mass is 290 g/mol. The topological polar surface area (TPSA) is 37.3 Å². The van der Waals surface area contributed by atoms with Gasteiger partial charge in [0.2, 0.25) is 0 Å². The number of benzene rings is 2. The molecule has 0 aliphatic rings. The van der Waals surface area contributed by atoms with Crippen molar-refractivity contribution in [3.8, 4) is 11.1 Å². The van der Waals surface area contributed by atoms with Gasteiger partial charge in [-0.05, 0) is 45.6 Å². The quantitative estimate of drug-likeness (QED) is 0.903. The fourth-order valence-electron chi connectivity index (χ4n) is 1.75. The van der Waals surface area contributed by atoms with Crippen LogP contribution in [0.4, 0.5) is 0 Å². The van der Waals surface area contributed by atoms with E-state index >= 15 is 0 Å². The minimum atomic E-state index is -0.919. The van der Waals surface area contributed by atoms with Crippen LogP contribution in [0.1, 0.15) is 15.9 Å². The third-order valence-electron chi connectivity index (χ3n) is 2.53. The lowest BCUT2D eigenvalue weighted by atomic mass is 10.0. The molecule has 17 heavy (non-hydrogen) atoms. The van der Waals surface area contributed by atoms with Gasteiger partial charge in [-0.3, -0.25) is 0 Å². The third-order valence-corrected chi connectivity index (χ3v) is 3.39. The van der Waals surface area contributed by atoms with E-state index in [1.165, 1.54) is 0 Å². The fraction of sp³-hybridized carbons (Fsp3) is 0.0714. The summed E-state index contributed by atoms with van der Waals surface area (Å²) in [6, 6.07) is 13.4. The Morgan fingerprint density at radius 1 is 1.18 bits per heavy atom. The zero-order valence-electron chi connectivity index (χ0n) is 9.27. The number of rotatable bonds is 2. The SMILES string of the molecule is Cc1cc(C(=O)O)c(Br)c(-c2ccccc2)c1. The van der Waals surface area contributed by atoms with E-state index in [9.17, 15) is 4.79 Å². The zero-order valence-corrected chi connectivity index (χ0v) is 10.9. The highest BCUT2D eigenvalue weighted by Crippen LogP contribution is 2.32. The minimum Gasteiger partial charge on any atom is -0.478 e. The number of carbonyl (C=O) groups is 1. The van der Waals surface area contributed by atoms with Crippen molar-refractivity contribution in [2.24, 2.45) is 0 Å². The first-order valence-electron chi connectivity index (χ1n) is 5.18. The van der Waals surface area contributed by atoms with Crippen molar-refractivity contribution in [3.63, 3.8) is 0 Å². The van der Waals surface area contributed by atoms with Crippen LogP contribution in [0.15, 0.2) is 46.9 Å². The predicted molar refractivity (Wildman–Crippen MR) is 71.3 cm³/mol. The van der Waals surface area contributed by atoms with Crippen molar-refractivity contribution in [3.05, 3.63) is 58.1 Å². The molecule has 0 saturated carbocycles. The van der Waals surface area contributed by atoms with Gasteiger partial charge in [-0.15, -0.1) is 0 Å². The first-order valence-corrected chi connectivity index (χ1v) is 5.98. The summed E-state index contributed by atoms with van der Waals surface area (Å²) in [5, 5.41) is 9.13. The molecule has 0 bridgehead atoms. The summed E-state index contributed by atoms with van der Waals surface area (Å²) in [5.41, 5.74) is 3.14. The Kier molecular flexibility index (Phi) is 3.29. The van der Waals surface area contributed by atoms with Crippen molar-refractivity contribution in [1.82, 2.24) is 0 Å². The normalized spacial score (nSPS) is 10.2. The van der Waals surface area contributed by atoms with E-state index in [2.05, 4.69) is 15.9 Å². The van der Waals surface area contributed by atoms with Crippen LogP contribution in [0.5, 0.6) is 0 Å². The smallest absolute Gasteiger partial charge is 0.336 e. The zero-order chi connectivity index (χ0) is 12.4. The van der Waals surface area contributed by atoms with Crippen LogP contribution in [0.3, 0.4) is 0 Å². The molecule has 0 aliphatic heterocycles. The van der Waals surface area contributed by atoms with Gasteiger partial charge in [0.1, 0.15) is 0 Å². The van der Waals surface area contributed by atoms with Gasteiger partial charge in [-0.25, -0.2) is 4.79 Å². The van der Waals surface area contributed by atoms with Crippen LogP contribution in [0.25, 0.3) is 11.1 Å². The molecule has 2 nitrogen and oxygen atoms in total. The van der Waals surface area contributed by atoms with Gasteiger partial charge >= 0.3 is 5.97 Å². The summed E-state index contributed by atoms with van der Waals surface area (Å²) >= 11 is 3.37. The van der Waals surface area contributed by atoms with E-state index in [0.29, 0.717) is 10.0 Å². The second-order valence-corrected chi connectivity index (χ2v) is 4.64. The molecular weight excluding hydrogens is 280 g/mol. The van der Waals surface area contributed by atoms with E-state index in [0.717, 1.165) is 16.7 Å². The number of aryl methyl sites for hydroxylation is 1. The molecule has 3 heteroatoms. The lowest BCUT2D eigenvalue weighted by Gasteiger charge is -2.09. The summed E-state index contributed by atoms with van der Waals surface area (Å²) in [7, 11) is 0. The Balaban J connectivity index is 2.67. The van der Waals surface area contributed by atoms with Crippen LogP contribution >= 0.6 is 15.9 Å². The van der Waals surface area contributed by atoms with Gasteiger partial charge in [0.25, 0.3) is 0 Å². The fourth-order valence-corrected chi connectivity index (χ4v) is 2.38. The highest BCUT2D eigenvalue weighted by molar-refractivity contribution is 9.10. The first-order chi connectivity index (χ1) is 8.09.